The summed E-state index contributed by atoms with van der Waals surface area (Å²) in [5.41, 5.74) is -1.07. The van der Waals surface area contributed by atoms with Gasteiger partial charge in [0.1, 0.15) is 41.5 Å². The Hall–Kier alpha value is -2.37. The molecule has 2 bridgehead atoms. The average molecular weight is 822 g/mol. The number of esters is 2. The van der Waals surface area contributed by atoms with E-state index in [1.165, 1.54) is 0 Å². The number of hydrogen-bond donors (Lipinski definition) is 2. The Morgan fingerprint density at radius 3 is 2.45 bits per heavy atom. The Morgan fingerprint density at radius 1 is 1.08 bits per heavy atom. The van der Waals surface area contributed by atoms with Gasteiger partial charge in [-0.3, -0.25) is 24.0 Å². The number of aliphatic hydroxyl groups is 1. The predicted octanol–water partition coefficient (Wildman–Crippen LogP) is 2.98. The van der Waals surface area contributed by atoms with E-state index >= 15 is 4.79 Å². The summed E-state index contributed by atoms with van der Waals surface area (Å²) in [7, 11) is 0. The van der Waals surface area contributed by atoms with Crippen LogP contribution in [0.15, 0.2) is 24.3 Å². The lowest BCUT2D eigenvalue weighted by Gasteiger charge is -2.50. The number of nitrogens with zero attached hydrogens (tertiary/aromatic N) is 2. The number of amides is 2. The molecule has 0 radical (unpaired) electrons. The molecule has 3 saturated carbocycles. The van der Waals surface area contributed by atoms with E-state index in [0.717, 1.165) is 34.8 Å². The van der Waals surface area contributed by atoms with Gasteiger partial charge in [0, 0.05) is 34.8 Å². The van der Waals surface area contributed by atoms with Gasteiger partial charge in [-0.05, 0) is 99.9 Å². The Morgan fingerprint density at radius 2 is 1.78 bits per heavy atom. The maximum Gasteiger partial charge on any atom is 0.327 e. The fraction of sp³-hybridized carbons (Fsp3) is 0.730. The number of fused-ring (bicyclic) bond motifs is 4. The summed E-state index contributed by atoms with van der Waals surface area (Å²) in [6, 6.07) is 5.27. The Balaban J connectivity index is 1.08. The molecule has 3 aliphatic carbocycles. The Bertz CT molecular complexity index is 1570. The zero-order chi connectivity index (χ0) is 35.9. The van der Waals surface area contributed by atoms with Gasteiger partial charge in [-0.25, -0.2) is 0 Å². The fourth-order valence-corrected chi connectivity index (χ4v) is 9.74. The summed E-state index contributed by atoms with van der Waals surface area (Å²) >= 11 is 2.26. The van der Waals surface area contributed by atoms with Crippen LogP contribution in [-0.4, -0.2) is 106 Å². The third kappa shape index (κ3) is 6.28. The van der Waals surface area contributed by atoms with Crippen molar-refractivity contribution in [2.24, 2.45) is 17.3 Å². The smallest absolute Gasteiger partial charge is 0.327 e. The molecule has 1 aromatic rings. The molecular formula is C37H48IN3O10. The summed E-state index contributed by atoms with van der Waals surface area (Å²) in [5.74, 6) is -1.93. The van der Waals surface area contributed by atoms with E-state index in [-0.39, 0.29) is 50.2 Å². The van der Waals surface area contributed by atoms with Crippen LogP contribution in [0.2, 0.25) is 0 Å². The summed E-state index contributed by atoms with van der Waals surface area (Å²) in [6.45, 7) is 5.55. The van der Waals surface area contributed by atoms with E-state index < -0.39 is 77.2 Å². The van der Waals surface area contributed by atoms with Crippen LogP contribution in [0, 0.1) is 20.8 Å². The van der Waals surface area contributed by atoms with E-state index in [9.17, 15) is 19.5 Å². The van der Waals surface area contributed by atoms with Crippen LogP contribution in [-0.2, 0) is 49.5 Å². The van der Waals surface area contributed by atoms with Gasteiger partial charge in [-0.15, -0.1) is 0 Å². The van der Waals surface area contributed by atoms with Gasteiger partial charge in [-0.1, -0.05) is 18.2 Å². The van der Waals surface area contributed by atoms with E-state index in [4.69, 9.17) is 23.8 Å². The van der Waals surface area contributed by atoms with Crippen molar-refractivity contribution in [3.63, 3.8) is 0 Å². The maximum absolute atomic E-state index is 15.3. The minimum atomic E-state index is -1.37. The zero-order valence-corrected chi connectivity index (χ0v) is 31.5. The van der Waals surface area contributed by atoms with Crippen molar-refractivity contribution in [1.29, 1.82) is 0 Å². The molecule has 51 heavy (non-hydrogen) atoms. The SMILES string of the molecule is CC(C)(C)OC(=O)CC[C@@H](CO)NC(=O)[C@H]1CCCN1C(=O)[C@@]12C[C@H]3OC(=O)[C@@H]1N(Cc1ccccc1I)O[C@@H]2[C@H]1OC(C2CC2)(C2CC2)O[C@H]13. The number of benzene rings is 1. The molecule has 2 N–H and O–H groups in total. The van der Waals surface area contributed by atoms with Gasteiger partial charge in [0.15, 0.2) is 11.8 Å². The predicted molar refractivity (Wildman–Crippen MR) is 187 cm³/mol. The number of likely N-dealkylation sites (tertiary alicyclic amines) is 1. The molecule has 0 spiro atoms. The Kier molecular flexibility index (Phi) is 9.22. The van der Waals surface area contributed by atoms with Crippen molar-refractivity contribution in [1.82, 2.24) is 15.3 Å². The number of ether oxygens (including phenoxy) is 4. The molecule has 4 saturated heterocycles. The zero-order valence-electron chi connectivity index (χ0n) is 29.4. The molecule has 4 aliphatic heterocycles. The van der Waals surface area contributed by atoms with Gasteiger partial charge in [0.2, 0.25) is 11.8 Å². The average Bonchev–Trinajstić information content (AvgIpc) is 4.00. The highest BCUT2D eigenvalue weighted by molar-refractivity contribution is 14.1. The molecule has 7 fully saturated rings. The Labute approximate surface area is 311 Å². The van der Waals surface area contributed by atoms with Gasteiger partial charge < -0.3 is 34.3 Å². The molecule has 278 valence electrons. The van der Waals surface area contributed by atoms with E-state index in [0.29, 0.717) is 19.4 Å². The van der Waals surface area contributed by atoms with E-state index in [2.05, 4.69) is 27.9 Å². The number of aliphatic hydroxyl groups excluding tert-OH is 1. The molecule has 1 aromatic carbocycles. The molecular weight excluding hydrogens is 773 g/mol. The van der Waals surface area contributed by atoms with Crippen LogP contribution in [0.5, 0.6) is 0 Å². The van der Waals surface area contributed by atoms with Crippen LogP contribution in [0.4, 0.5) is 0 Å². The first-order valence-electron chi connectivity index (χ1n) is 18.5. The third-order valence-corrected chi connectivity index (χ3v) is 12.7. The minimum absolute atomic E-state index is 0.0212. The number of hydroxylamine groups is 2. The fourth-order valence-electron chi connectivity index (χ4n) is 9.18. The van der Waals surface area contributed by atoms with Gasteiger partial charge in [0.05, 0.1) is 19.2 Å². The van der Waals surface area contributed by atoms with Crippen molar-refractivity contribution < 1.29 is 48.1 Å². The normalized spacial score (nSPS) is 34.5. The summed E-state index contributed by atoms with van der Waals surface area (Å²) in [4.78, 5) is 64.1. The molecule has 8 atom stereocenters. The molecule has 8 rings (SSSR count). The van der Waals surface area contributed by atoms with Crippen LogP contribution in [0.3, 0.4) is 0 Å². The highest BCUT2D eigenvalue weighted by Crippen LogP contribution is 2.64. The van der Waals surface area contributed by atoms with Crippen molar-refractivity contribution in [2.45, 2.75) is 139 Å². The summed E-state index contributed by atoms with van der Waals surface area (Å²) in [6.07, 6.45) is 2.74. The van der Waals surface area contributed by atoms with E-state index in [1.54, 1.807) is 30.7 Å². The molecule has 0 aromatic heterocycles. The van der Waals surface area contributed by atoms with Crippen LogP contribution >= 0.6 is 22.6 Å². The van der Waals surface area contributed by atoms with Crippen LogP contribution in [0.25, 0.3) is 0 Å². The number of rotatable bonds is 11. The standard InChI is InChI=1S/C37H48IN3O10/c1-35(2,3)48-27(43)15-14-23(19-42)39-32(44)25-9-6-16-40(25)34(46)36-17-26-28-29(50-37(49-28,21-10-11-21)22-12-13-22)31(36)51-41(30(36)33(45)47-26)18-20-7-4-5-8-24(20)38/h4-5,7-8,21-23,25-26,28-31,42H,6,9-19H2,1-3H3,(H,39,44)/t23-,25+,26+,28-,29-,30-,31+,36-/m0/s1. The van der Waals surface area contributed by atoms with Crippen molar-refractivity contribution >= 4 is 46.3 Å². The second kappa shape index (κ2) is 13.2. The van der Waals surface area contributed by atoms with Crippen molar-refractivity contribution in [3.8, 4) is 0 Å². The lowest BCUT2D eigenvalue weighted by Crippen LogP contribution is -2.70. The van der Waals surface area contributed by atoms with Crippen molar-refractivity contribution in [3.05, 3.63) is 33.4 Å². The highest BCUT2D eigenvalue weighted by Gasteiger charge is 2.78. The second-order valence-electron chi connectivity index (χ2n) is 16.4. The first-order chi connectivity index (χ1) is 24.3. The molecule has 0 unspecified atom stereocenters. The van der Waals surface area contributed by atoms with Gasteiger partial charge in [0.25, 0.3) is 0 Å². The van der Waals surface area contributed by atoms with Gasteiger partial charge >= 0.3 is 11.9 Å². The molecule has 2 amide bonds. The van der Waals surface area contributed by atoms with Crippen molar-refractivity contribution in [2.75, 3.05) is 13.2 Å². The molecule has 13 nitrogen and oxygen atoms in total. The first kappa shape index (κ1) is 35.6. The first-order valence-corrected chi connectivity index (χ1v) is 19.6. The monoisotopic (exact) mass is 821 g/mol. The second-order valence-corrected chi connectivity index (χ2v) is 17.6. The summed E-state index contributed by atoms with van der Waals surface area (Å²) < 4.78 is 26.4. The lowest BCUT2D eigenvalue weighted by molar-refractivity contribution is -0.235. The number of hydrogen-bond acceptors (Lipinski definition) is 11. The highest BCUT2D eigenvalue weighted by atomic mass is 127. The number of carbonyl (C=O) groups is 4. The topological polar surface area (TPSA) is 153 Å². The third-order valence-electron chi connectivity index (χ3n) is 11.7. The molecule has 4 heterocycles. The number of halogens is 1. The van der Waals surface area contributed by atoms with Crippen LogP contribution < -0.4 is 5.32 Å². The molecule has 14 heteroatoms. The van der Waals surface area contributed by atoms with E-state index in [1.807, 2.05) is 24.3 Å². The number of carbonyl (C=O) groups excluding carboxylic acids is 4. The molecule has 7 aliphatic rings. The largest absolute Gasteiger partial charge is 0.460 e. The summed E-state index contributed by atoms with van der Waals surface area (Å²) in [5, 5.41) is 14.6. The maximum atomic E-state index is 15.3. The lowest BCUT2D eigenvalue weighted by atomic mass is 9.62. The minimum Gasteiger partial charge on any atom is -0.460 e. The number of nitrogens with one attached hydrogen (secondary N) is 1. The van der Waals surface area contributed by atoms with Gasteiger partial charge in [-0.2, -0.15) is 5.06 Å². The van der Waals surface area contributed by atoms with Crippen LogP contribution in [0.1, 0.15) is 84.1 Å². The quantitative estimate of drug-likeness (QED) is 0.251.